The maximum Gasteiger partial charge on any atom is 0.417 e. The second-order valence-corrected chi connectivity index (χ2v) is 15.8. The predicted molar refractivity (Wildman–Crippen MR) is 167 cm³/mol. The number of Topliss-reactive ketones (excluding diaryl/α,β-unsaturated/α-hetero) is 1. The van der Waals surface area contributed by atoms with Crippen molar-refractivity contribution in [1.82, 2.24) is 9.50 Å². The zero-order valence-corrected chi connectivity index (χ0v) is 27.0. The van der Waals surface area contributed by atoms with Gasteiger partial charge in [0.05, 0.1) is 19.6 Å². The first-order chi connectivity index (χ1) is 21.4. The Labute approximate surface area is 263 Å². The third kappa shape index (κ3) is 4.69. The molecule has 1 N–H and O–H groups in total. The van der Waals surface area contributed by atoms with Gasteiger partial charge in [0.25, 0.3) is 5.91 Å². The van der Waals surface area contributed by atoms with E-state index in [1.165, 1.54) is 11.1 Å². The number of rotatable bonds is 4. The van der Waals surface area contributed by atoms with Gasteiger partial charge in [0, 0.05) is 49.6 Å². The fourth-order valence-electron chi connectivity index (χ4n) is 8.73. The van der Waals surface area contributed by atoms with E-state index in [1.807, 2.05) is 14.1 Å². The molecule has 5 fully saturated rings. The number of aliphatic hydroxyl groups is 1. The standard InChI is InChI=1S/C34H40N3O7P/c1-33-21-28(22-4-7-24(8-5-22)35(2)3)31-26-11-9-25(38)20-23(26)6-10-27(31)29(33)12-14-34(33,41)15-19-45(42,36-16-18-43-32(36)40)37-30(39)13-17-44-37/h4-8,27-29,41H,9-14,16-18,20-21H2,1-3H3/t27-,28+,29-,33-,34+,45?/m0/s1. The van der Waals surface area contributed by atoms with Crippen molar-refractivity contribution in [2.45, 2.75) is 69.8 Å². The summed E-state index contributed by atoms with van der Waals surface area (Å²) in [5, 5.41) is 12.5. The van der Waals surface area contributed by atoms with Gasteiger partial charge in [-0.1, -0.05) is 36.6 Å². The number of benzene rings is 1. The molecule has 1 aromatic carbocycles. The summed E-state index contributed by atoms with van der Waals surface area (Å²) < 4.78 is 20.5. The van der Waals surface area contributed by atoms with Gasteiger partial charge in [0.2, 0.25) is 0 Å². The van der Waals surface area contributed by atoms with Crippen molar-refractivity contribution >= 4 is 30.9 Å². The first-order valence-electron chi connectivity index (χ1n) is 15.9. The van der Waals surface area contributed by atoms with Crippen LogP contribution in [0.3, 0.4) is 0 Å². The number of amides is 2. The van der Waals surface area contributed by atoms with Crippen LogP contribution in [0.1, 0.15) is 69.8 Å². The van der Waals surface area contributed by atoms with Crippen molar-refractivity contribution in [3.8, 4) is 11.6 Å². The quantitative estimate of drug-likeness (QED) is 0.358. The highest BCUT2D eigenvalue weighted by Crippen LogP contribution is 2.67. The summed E-state index contributed by atoms with van der Waals surface area (Å²) in [5.74, 6) is 3.08. The zero-order valence-electron chi connectivity index (χ0n) is 26.1. The number of carbonyl (C=O) groups is 3. The van der Waals surface area contributed by atoms with Gasteiger partial charge in [0.15, 0.2) is 0 Å². The van der Waals surface area contributed by atoms with Crippen LogP contribution in [0.25, 0.3) is 0 Å². The van der Waals surface area contributed by atoms with Gasteiger partial charge in [-0.3, -0.25) is 19.0 Å². The summed E-state index contributed by atoms with van der Waals surface area (Å²) in [6, 6.07) is 8.58. The maximum absolute atomic E-state index is 14.5. The van der Waals surface area contributed by atoms with E-state index in [0.29, 0.717) is 25.7 Å². The van der Waals surface area contributed by atoms with Crippen LogP contribution in [0.15, 0.2) is 47.1 Å². The summed E-state index contributed by atoms with van der Waals surface area (Å²) in [6.45, 7) is 2.19. The first-order valence-corrected chi connectivity index (χ1v) is 17.6. The van der Waals surface area contributed by atoms with Crippen molar-refractivity contribution in [3.05, 3.63) is 52.6 Å². The number of hydrogen-bond donors (Lipinski definition) is 1. The van der Waals surface area contributed by atoms with Crippen LogP contribution in [0, 0.1) is 28.8 Å². The number of ether oxygens (including phenoxy) is 1. The lowest BCUT2D eigenvalue weighted by Gasteiger charge is -2.53. The van der Waals surface area contributed by atoms with Crippen molar-refractivity contribution in [2.75, 3.05) is 38.8 Å². The lowest BCUT2D eigenvalue weighted by Crippen LogP contribution is -2.51. The third-order valence-corrected chi connectivity index (χ3v) is 13.4. The van der Waals surface area contributed by atoms with E-state index < -0.39 is 30.5 Å². The largest absolute Gasteiger partial charge is 0.447 e. The van der Waals surface area contributed by atoms with Gasteiger partial charge < -0.3 is 14.7 Å². The topological polar surface area (TPSA) is 117 Å². The van der Waals surface area contributed by atoms with Crippen LogP contribution in [0.2, 0.25) is 0 Å². The lowest BCUT2D eigenvalue weighted by molar-refractivity contribution is -0.141. The smallest absolute Gasteiger partial charge is 0.417 e. The van der Waals surface area contributed by atoms with Crippen LogP contribution in [0.4, 0.5) is 10.5 Å². The second kappa shape index (κ2) is 10.9. The normalized spacial score (nSPS) is 33.9. The van der Waals surface area contributed by atoms with E-state index in [2.05, 4.69) is 53.7 Å². The maximum atomic E-state index is 14.5. The van der Waals surface area contributed by atoms with Crippen molar-refractivity contribution < 1.29 is 33.6 Å². The van der Waals surface area contributed by atoms with Crippen molar-refractivity contribution in [2.24, 2.45) is 17.3 Å². The van der Waals surface area contributed by atoms with E-state index in [0.717, 1.165) is 45.6 Å². The van der Waals surface area contributed by atoms with E-state index in [1.54, 1.807) is 0 Å². The van der Waals surface area contributed by atoms with Crippen LogP contribution in [0.5, 0.6) is 0 Å². The van der Waals surface area contributed by atoms with Gasteiger partial charge in [-0.25, -0.2) is 9.46 Å². The minimum Gasteiger partial charge on any atom is -0.447 e. The number of carbonyl (C=O) groups excluding carboxylic acids is 3. The second-order valence-electron chi connectivity index (χ2n) is 13.7. The number of cyclic esters (lactones) is 1. The molecule has 2 saturated heterocycles. The molecule has 0 bridgehead atoms. The first kappa shape index (κ1) is 30.3. The Morgan fingerprint density at radius 3 is 2.53 bits per heavy atom. The molecule has 2 aliphatic heterocycles. The molecule has 1 unspecified atom stereocenters. The van der Waals surface area contributed by atoms with Gasteiger partial charge in [0.1, 0.15) is 18.0 Å². The summed E-state index contributed by atoms with van der Waals surface area (Å²) in [5.41, 5.74) is 6.71. The Balaban J connectivity index is 1.31. The van der Waals surface area contributed by atoms with Crippen molar-refractivity contribution in [3.63, 3.8) is 0 Å². The van der Waals surface area contributed by atoms with Crippen molar-refractivity contribution in [1.29, 1.82) is 0 Å². The number of nitrogens with zero attached hydrogens (tertiary/aromatic N) is 3. The molecule has 11 heteroatoms. The molecular weight excluding hydrogens is 593 g/mol. The fourth-order valence-corrected chi connectivity index (χ4v) is 10.7. The van der Waals surface area contributed by atoms with Gasteiger partial charge in [-0.2, -0.15) is 0 Å². The molecule has 2 heterocycles. The third-order valence-electron chi connectivity index (χ3n) is 11.1. The average molecular weight is 634 g/mol. The molecule has 1 aromatic rings. The Kier molecular flexibility index (Phi) is 7.31. The Morgan fingerprint density at radius 2 is 1.87 bits per heavy atom. The summed E-state index contributed by atoms with van der Waals surface area (Å²) in [4.78, 5) is 46.0. The molecule has 2 amide bonds. The highest BCUT2D eigenvalue weighted by Gasteiger charge is 2.63. The highest BCUT2D eigenvalue weighted by atomic mass is 31.2. The van der Waals surface area contributed by atoms with Gasteiger partial charge >= 0.3 is 13.5 Å². The van der Waals surface area contributed by atoms with Crippen LogP contribution >= 0.6 is 7.44 Å². The monoisotopic (exact) mass is 633 g/mol. The summed E-state index contributed by atoms with van der Waals surface area (Å²) in [6.07, 6.45) is 5.77. The fraction of sp³-hybridized carbons (Fsp3) is 0.559. The highest BCUT2D eigenvalue weighted by molar-refractivity contribution is 7.65. The summed E-state index contributed by atoms with van der Waals surface area (Å²) in [7, 11) is -0.175. The average Bonchev–Trinajstić information content (AvgIpc) is 3.73. The number of hydrogen-bond acceptors (Lipinski definition) is 8. The SMILES string of the molecule is CN(C)c1ccc([C@H]2C[C@@]3(C)[C@@H](CC[C@@]3(O)C#CP(=O)(N3CCOC3=O)N3OCCC3=O)[C@@H]3CC=C4CC(=O)CCC4=C32)cc1. The zero-order chi connectivity index (χ0) is 31.7. The molecule has 3 saturated carbocycles. The molecule has 4 aliphatic carbocycles. The predicted octanol–water partition coefficient (Wildman–Crippen LogP) is 5.15. The Morgan fingerprint density at radius 1 is 1.09 bits per heavy atom. The molecular formula is C34H40N3O7P. The molecule has 45 heavy (non-hydrogen) atoms. The number of hydroxylamine groups is 1. The van der Waals surface area contributed by atoms with Crippen LogP contribution < -0.4 is 4.90 Å². The van der Waals surface area contributed by atoms with Crippen LogP contribution in [-0.4, -0.2) is 71.8 Å². The summed E-state index contributed by atoms with van der Waals surface area (Å²) >= 11 is 0. The van der Waals surface area contributed by atoms with E-state index in [9.17, 15) is 24.1 Å². The van der Waals surface area contributed by atoms with E-state index >= 15 is 0 Å². The molecule has 6 atom stereocenters. The van der Waals surface area contributed by atoms with E-state index in [-0.39, 0.29) is 49.7 Å². The minimum absolute atomic E-state index is 0.00893. The molecule has 6 aliphatic rings. The van der Waals surface area contributed by atoms with Gasteiger partial charge in [-0.05, 0) is 72.8 Å². The molecule has 0 radical (unpaired) electrons. The molecule has 0 aromatic heterocycles. The molecule has 238 valence electrons. The molecule has 10 nitrogen and oxygen atoms in total. The lowest BCUT2D eigenvalue weighted by atomic mass is 9.51. The van der Waals surface area contributed by atoms with Gasteiger partial charge in [-0.15, -0.1) is 4.83 Å². The number of anilines is 1. The van der Waals surface area contributed by atoms with E-state index in [4.69, 9.17) is 9.57 Å². The Hall–Kier alpha value is -3.38. The molecule has 0 spiro atoms. The number of allylic oxidation sites excluding steroid dienone is 4. The molecule has 7 rings (SSSR count). The van der Waals surface area contributed by atoms with Crippen LogP contribution in [-0.2, 0) is 23.7 Å². The Bertz CT molecular complexity index is 1610. The number of fused-ring (bicyclic) bond motifs is 4. The number of ketones is 1. The minimum atomic E-state index is -4.20.